The van der Waals surface area contributed by atoms with E-state index in [0.29, 0.717) is 6.29 Å². The van der Waals surface area contributed by atoms with Crippen LogP contribution in [0.5, 0.6) is 0 Å². The summed E-state index contributed by atoms with van der Waals surface area (Å²) in [4.78, 5) is 10.5. The second kappa shape index (κ2) is 6.77. The summed E-state index contributed by atoms with van der Waals surface area (Å²) in [6, 6.07) is 0. The number of carbonyl (C=O) groups is 1. The van der Waals surface area contributed by atoms with Crippen LogP contribution in [-0.2, 0) is 9.53 Å². The first kappa shape index (κ1) is 14.4. The second-order valence-corrected chi connectivity index (χ2v) is 4.71. The molecule has 1 unspecified atom stereocenters. The molecule has 0 aromatic rings. The van der Waals surface area contributed by atoms with Crippen molar-refractivity contribution in [3.63, 3.8) is 0 Å². The first-order chi connectivity index (χ1) is 7.02. The van der Waals surface area contributed by atoms with Gasteiger partial charge in [0.05, 0.1) is 7.11 Å². The van der Waals surface area contributed by atoms with Gasteiger partial charge in [0.25, 0.3) is 0 Å². The summed E-state index contributed by atoms with van der Waals surface area (Å²) in [7, 11) is 1.39. The average Bonchev–Trinajstić information content (AvgIpc) is 2.19. The van der Waals surface area contributed by atoms with Crippen LogP contribution in [0.25, 0.3) is 0 Å². The number of rotatable bonds is 2. The van der Waals surface area contributed by atoms with Gasteiger partial charge in [0.15, 0.2) is 0 Å². The molecule has 0 saturated carbocycles. The largest absolute Gasteiger partial charge is 0.494 e. The third kappa shape index (κ3) is 4.60. The lowest BCUT2D eigenvalue weighted by molar-refractivity contribution is -0.108. The van der Waals surface area contributed by atoms with E-state index in [1.807, 2.05) is 0 Å². The first-order valence-electron chi connectivity index (χ1n) is 4.80. The fourth-order valence-electron chi connectivity index (χ4n) is 0.948. The quantitative estimate of drug-likeness (QED) is 0.571. The predicted octanol–water partition coefficient (Wildman–Crippen LogP) is 3.52. The van der Waals surface area contributed by atoms with Crippen molar-refractivity contribution in [2.45, 2.75) is 31.0 Å². The summed E-state index contributed by atoms with van der Waals surface area (Å²) in [5, 5.41) is 0. The molecule has 2 nitrogen and oxygen atoms in total. The van der Waals surface area contributed by atoms with Crippen LogP contribution in [0.15, 0.2) is 23.7 Å². The molecule has 0 amide bonds. The Morgan fingerprint density at radius 3 is 2.53 bits per heavy atom. The minimum absolute atomic E-state index is 0.0101. The molecule has 4 heteroatoms. The Bertz CT molecular complexity index is 274. The number of halogens is 2. The van der Waals surface area contributed by atoms with Crippen LogP contribution in [0.1, 0.15) is 26.7 Å². The molecule has 1 aliphatic rings. The fourth-order valence-corrected chi connectivity index (χ4v) is 1.33. The molecule has 15 heavy (non-hydrogen) atoms. The van der Waals surface area contributed by atoms with Crippen molar-refractivity contribution in [2.24, 2.45) is 0 Å². The molecule has 0 bridgehead atoms. The summed E-state index contributed by atoms with van der Waals surface area (Å²) in [6.07, 6.45) is 4.94. The van der Waals surface area contributed by atoms with Crippen molar-refractivity contribution in [3.8, 4) is 0 Å². The smallest absolute Gasteiger partial charge is 0.150 e. The lowest BCUT2D eigenvalue weighted by atomic mass is 10.0. The van der Waals surface area contributed by atoms with Crippen LogP contribution >= 0.6 is 15.9 Å². The number of methoxy groups -OCH3 is 1. The Hall–Kier alpha value is -0.640. The van der Waals surface area contributed by atoms with Crippen LogP contribution in [0.3, 0.4) is 0 Å². The van der Waals surface area contributed by atoms with E-state index >= 15 is 0 Å². The minimum Gasteiger partial charge on any atom is -0.494 e. The Labute approximate surface area is 98.3 Å². The molecule has 0 radical (unpaired) electrons. The normalized spacial score (nSPS) is 24.3. The van der Waals surface area contributed by atoms with E-state index in [4.69, 9.17) is 4.74 Å². The number of aldehydes is 1. The predicted molar refractivity (Wildman–Crippen MR) is 62.6 cm³/mol. The second-order valence-electron chi connectivity index (χ2n) is 3.24. The van der Waals surface area contributed by atoms with Crippen LogP contribution in [0.2, 0.25) is 0 Å². The van der Waals surface area contributed by atoms with Gasteiger partial charge in [-0.2, -0.15) is 0 Å². The maximum absolute atomic E-state index is 13.0. The molecule has 0 aromatic heterocycles. The minimum atomic E-state index is -0.890. The third-order valence-electron chi connectivity index (χ3n) is 1.62. The van der Waals surface area contributed by atoms with Gasteiger partial charge < -0.3 is 9.53 Å². The molecular weight excluding hydrogens is 263 g/mol. The highest BCUT2D eigenvalue weighted by Gasteiger charge is 2.29. The van der Waals surface area contributed by atoms with E-state index < -0.39 is 10.2 Å². The summed E-state index contributed by atoms with van der Waals surface area (Å²) in [6.45, 7) is 4.25. The number of hydrogen-bond donors (Lipinski definition) is 0. The molecule has 0 aliphatic heterocycles. The van der Waals surface area contributed by atoms with E-state index in [9.17, 15) is 9.18 Å². The summed E-state index contributed by atoms with van der Waals surface area (Å²) in [5.41, 5.74) is 0. The van der Waals surface area contributed by atoms with Crippen molar-refractivity contribution in [1.29, 1.82) is 0 Å². The zero-order valence-corrected chi connectivity index (χ0v) is 10.8. The van der Waals surface area contributed by atoms with Gasteiger partial charge in [-0.15, -0.1) is 0 Å². The highest BCUT2D eigenvalue weighted by molar-refractivity contribution is 9.10. The van der Waals surface area contributed by atoms with Crippen molar-refractivity contribution >= 4 is 22.2 Å². The number of allylic oxidation sites excluding steroid dienone is 3. The molecule has 0 fully saturated rings. The highest BCUT2D eigenvalue weighted by atomic mass is 79.9. The topological polar surface area (TPSA) is 26.3 Å². The van der Waals surface area contributed by atoms with Crippen molar-refractivity contribution in [3.05, 3.63) is 23.7 Å². The van der Waals surface area contributed by atoms with E-state index in [2.05, 4.69) is 29.8 Å². The Kier molecular flexibility index (Phi) is 6.48. The molecule has 0 saturated heterocycles. The summed E-state index contributed by atoms with van der Waals surface area (Å²) >= 11 is 3.11. The van der Waals surface area contributed by atoms with Crippen LogP contribution in [-0.4, -0.2) is 17.7 Å². The molecule has 1 aliphatic carbocycles. The van der Waals surface area contributed by atoms with E-state index in [1.165, 1.54) is 19.6 Å². The van der Waals surface area contributed by atoms with Gasteiger partial charge in [-0.1, -0.05) is 42.3 Å². The van der Waals surface area contributed by atoms with Crippen LogP contribution < -0.4 is 0 Å². The Balaban J connectivity index is 0.000000583. The van der Waals surface area contributed by atoms with Crippen molar-refractivity contribution < 1.29 is 13.9 Å². The standard InChI is InChI=1S/C8H8BrFO2.C3H8/c1-12-7-2-3-8(9,5-11)4-6(7)10;1-3-2/h2-3,5H,4H2,1H3;3H2,1-2H3. The van der Waals surface area contributed by atoms with E-state index in [0.717, 1.165) is 0 Å². The average molecular weight is 279 g/mol. The lowest BCUT2D eigenvalue weighted by Crippen LogP contribution is -2.22. The SMILES string of the molecule is CCC.COC1=C(F)CC(Br)(C=O)C=C1. The van der Waals surface area contributed by atoms with Crippen molar-refractivity contribution in [2.75, 3.05) is 7.11 Å². The molecule has 0 aromatic carbocycles. The Morgan fingerprint density at radius 1 is 1.67 bits per heavy atom. The lowest BCUT2D eigenvalue weighted by Gasteiger charge is -2.20. The van der Waals surface area contributed by atoms with Crippen LogP contribution in [0, 0.1) is 0 Å². The van der Waals surface area contributed by atoms with Gasteiger partial charge in [0, 0.05) is 6.42 Å². The molecule has 0 N–H and O–H groups in total. The fraction of sp³-hybridized carbons (Fsp3) is 0.545. The summed E-state index contributed by atoms with van der Waals surface area (Å²) < 4.78 is 16.9. The zero-order chi connectivity index (χ0) is 11.9. The van der Waals surface area contributed by atoms with E-state index in [1.54, 1.807) is 6.08 Å². The third-order valence-corrected chi connectivity index (χ3v) is 2.35. The monoisotopic (exact) mass is 278 g/mol. The van der Waals surface area contributed by atoms with Gasteiger partial charge in [-0.05, 0) is 6.08 Å². The molecule has 1 rings (SSSR count). The maximum atomic E-state index is 13.0. The van der Waals surface area contributed by atoms with Gasteiger partial charge in [0.2, 0.25) is 0 Å². The molecule has 86 valence electrons. The molecule has 1 atom stereocenters. The van der Waals surface area contributed by atoms with Gasteiger partial charge >= 0.3 is 0 Å². The molecule has 0 heterocycles. The molecule has 0 spiro atoms. The number of carbonyl (C=O) groups excluding carboxylic acids is 1. The van der Waals surface area contributed by atoms with Crippen LogP contribution in [0.4, 0.5) is 4.39 Å². The number of ether oxygens (including phenoxy) is 1. The van der Waals surface area contributed by atoms with Gasteiger partial charge in [0.1, 0.15) is 22.2 Å². The summed E-state index contributed by atoms with van der Waals surface area (Å²) in [5.74, 6) is -0.226. The zero-order valence-electron chi connectivity index (χ0n) is 9.22. The number of alkyl halides is 1. The van der Waals surface area contributed by atoms with Crippen molar-refractivity contribution in [1.82, 2.24) is 0 Å². The van der Waals surface area contributed by atoms with Gasteiger partial charge in [-0.25, -0.2) is 4.39 Å². The van der Waals surface area contributed by atoms with Gasteiger partial charge in [-0.3, -0.25) is 0 Å². The first-order valence-corrected chi connectivity index (χ1v) is 5.59. The Morgan fingerprint density at radius 2 is 2.20 bits per heavy atom. The molecular formula is C11H16BrFO2. The number of hydrogen-bond acceptors (Lipinski definition) is 2. The highest BCUT2D eigenvalue weighted by Crippen LogP contribution is 2.33. The van der Waals surface area contributed by atoms with E-state index in [-0.39, 0.29) is 12.2 Å². The maximum Gasteiger partial charge on any atom is 0.150 e.